The summed E-state index contributed by atoms with van der Waals surface area (Å²) >= 11 is 0. The molecule has 3 rings (SSSR count). The molecule has 0 radical (unpaired) electrons. The number of ketones is 1. The number of amides is 2. The molecule has 0 bridgehead atoms. The molecule has 6 heteroatoms. The van der Waals surface area contributed by atoms with Crippen LogP contribution in [0.5, 0.6) is 0 Å². The van der Waals surface area contributed by atoms with Gasteiger partial charge in [-0.1, -0.05) is 18.2 Å². The van der Waals surface area contributed by atoms with E-state index in [9.17, 15) is 18.8 Å². The Balaban J connectivity index is 1.44. The van der Waals surface area contributed by atoms with Gasteiger partial charge in [0.1, 0.15) is 5.82 Å². The van der Waals surface area contributed by atoms with Crippen molar-refractivity contribution in [2.24, 2.45) is 11.8 Å². The second-order valence-corrected chi connectivity index (χ2v) is 6.70. The fraction of sp³-hybridized carbons (Fsp3) is 0.286. The van der Waals surface area contributed by atoms with Crippen molar-refractivity contribution < 1.29 is 18.8 Å². The number of hydrogen-bond acceptors (Lipinski definition) is 3. The minimum Gasteiger partial charge on any atom is -0.356 e. The van der Waals surface area contributed by atoms with E-state index in [1.165, 1.54) is 13.0 Å². The smallest absolute Gasteiger partial charge is 0.228 e. The first-order valence-corrected chi connectivity index (χ1v) is 8.88. The molecule has 1 saturated carbocycles. The normalized spacial score (nSPS) is 17.9. The molecule has 27 heavy (non-hydrogen) atoms. The third kappa shape index (κ3) is 4.78. The van der Waals surface area contributed by atoms with E-state index < -0.39 is 0 Å². The maximum atomic E-state index is 13.5. The van der Waals surface area contributed by atoms with Crippen molar-refractivity contribution >= 4 is 23.3 Å². The molecular weight excluding hydrogens is 347 g/mol. The molecule has 2 aromatic rings. The number of halogens is 1. The molecule has 2 atom stereocenters. The zero-order chi connectivity index (χ0) is 19.4. The molecule has 2 amide bonds. The van der Waals surface area contributed by atoms with Crippen LogP contribution in [0.4, 0.5) is 10.1 Å². The predicted octanol–water partition coefficient (Wildman–Crippen LogP) is 2.96. The molecule has 0 aliphatic heterocycles. The first-order chi connectivity index (χ1) is 13.0. The largest absolute Gasteiger partial charge is 0.356 e. The van der Waals surface area contributed by atoms with Crippen LogP contribution in [0, 0.1) is 17.7 Å². The lowest BCUT2D eigenvalue weighted by atomic mass is 10.1. The van der Waals surface area contributed by atoms with Gasteiger partial charge >= 0.3 is 0 Å². The summed E-state index contributed by atoms with van der Waals surface area (Å²) in [7, 11) is 0. The number of anilines is 1. The summed E-state index contributed by atoms with van der Waals surface area (Å²) in [5.41, 5.74) is 1.72. The summed E-state index contributed by atoms with van der Waals surface area (Å²) in [6.45, 7) is 1.81. The zero-order valence-corrected chi connectivity index (χ0v) is 15.0. The van der Waals surface area contributed by atoms with Gasteiger partial charge in [-0.2, -0.15) is 0 Å². The Morgan fingerprint density at radius 1 is 1.00 bits per heavy atom. The Morgan fingerprint density at radius 2 is 1.67 bits per heavy atom. The summed E-state index contributed by atoms with van der Waals surface area (Å²) < 4.78 is 13.5. The van der Waals surface area contributed by atoms with Gasteiger partial charge in [0.15, 0.2) is 5.78 Å². The van der Waals surface area contributed by atoms with Gasteiger partial charge in [-0.15, -0.1) is 0 Å². The number of rotatable bonds is 7. The van der Waals surface area contributed by atoms with E-state index in [2.05, 4.69) is 10.6 Å². The topological polar surface area (TPSA) is 75.3 Å². The molecule has 1 fully saturated rings. The minimum atomic E-state index is -0.356. The minimum absolute atomic E-state index is 0.0396. The Kier molecular flexibility index (Phi) is 5.64. The van der Waals surface area contributed by atoms with Gasteiger partial charge in [0.05, 0.1) is 11.8 Å². The highest BCUT2D eigenvalue weighted by Gasteiger charge is 2.47. The third-order valence-electron chi connectivity index (χ3n) is 4.67. The monoisotopic (exact) mass is 368 g/mol. The summed E-state index contributed by atoms with van der Waals surface area (Å²) in [5, 5.41) is 5.53. The lowest BCUT2D eigenvalue weighted by Crippen LogP contribution is -2.29. The van der Waals surface area contributed by atoms with Crippen LogP contribution in [0.15, 0.2) is 48.5 Å². The number of benzene rings is 2. The van der Waals surface area contributed by atoms with Crippen molar-refractivity contribution in [3.8, 4) is 0 Å². The summed E-state index contributed by atoms with van der Waals surface area (Å²) in [6, 6.07) is 13.1. The summed E-state index contributed by atoms with van der Waals surface area (Å²) in [4.78, 5) is 35.6. The Morgan fingerprint density at radius 3 is 2.33 bits per heavy atom. The van der Waals surface area contributed by atoms with E-state index >= 15 is 0 Å². The lowest BCUT2D eigenvalue weighted by Gasteiger charge is -2.07. The van der Waals surface area contributed by atoms with E-state index in [-0.39, 0.29) is 35.3 Å². The van der Waals surface area contributed by atoms with Crippen LogP contribution < -0.4 is 10.6 Å². The number of Topliss-reactive ketones (excluding diaryl/α,β-unsaturated/α-hetero) is 1. The first kappa shape index (κ1) is 18.8. The van der Waals surface area contributed by atoms with Crippen molar-refractivity contribution in [3.05, 3.63) is 65.5 Å². The van der Waals surface area contributed by atoms with Crippen LogP contribution in [0.2, 0.25) is 0 Å². The molecule has 5 nitrogen and oxygen atoms in total. The SMILES string of the molecule is CC(=O)c1ccc(NC(=O)C2CC2C(=O)NCCc2ccccc2F)cc1. The molecule has 2 unspecified atom stereocenters. The van der Waals surface area contributed by atoms with Crippen molar-refractivity contribution in [1.82, 2.24) is 5.32 Å². The second-order valence-electron chi connectivity index (χ2n) is 6.70. The van der Waals surface area contributed by atoms with Gasteiger partial charge in [0.2, 0.25) is 11.8 Å². The number of nitrogens with one attached hydrogen (secondary N) is 2. The maximum absolute atomic E-state index is 13.5. The van der Waals surface area contributed by atoms with E-state index in [4.69, 9.17) is 0 Å². The molecular formula is C21H21FN2O3. The fourth-order valence-corrected chi connectivity index (χ4v) is 2.95. The van der Waals surface area contributed by atoms with Crippen molar-refractivity contribution in [2.75, 3.05) is 11.9 Å². The standard InChI is InChI=1S/C21H21FN2O3/c1-13(25)14-6-8-16(9-7-14)24-21(27)18-12-17(18)20(26)23-11-10-15-4-2-3-5-19(15)22/h2-9,17-18H,10-12H2,1H3,(H,23,26)(H,24,27). The Labute approximate surface area is 157 Å². The molecule has 1 aliphatic rings. The highest BCUT2D eigenvalue weighted by molar-refractivity contribution is 6.00. The van der Waals surface area contributed by atoms with Gasteiger partial charge in [-0.05, 0) is 55.7 Å². The van der Waals surface area contributed by atoms with E-state index in [1.807, 2.05) is 0 Å². The van der Waals surface area contributed by atoms with Gasteiger partial charge in [0, 0.05) is 17.8 Å². The second kappa shape index (κ2) is 8.12. The summed E-state index contributed by atoms with van der Waals surface area (Å²) in [5.74, 6) is -1.42. The van der Waals surface area contributed by atoms with Crippen molar-refractivity contribution in [2.45, 2.75) is 19.8 Å². The average molecular weight is 368 g/mol. The molecule has 140 valence electrons. The van der Waals surface area contributed by atoms with Crippen molar-refractivity contribution in [1.29, 1.82) is 0 Å². The van der Waals surface area contributed by atoms with Gasteiger partial charge in [-0.25, -0.2) is 4.39 Å². The number of carbonyl (C=O) groups is 3. The van der Waals surface area contributed by atoms with E-state index in [1.54, 1.807) is 42.5 Å². The van der Waals surface area contributed by atoms with Crippen LogP contribution in [0.3, 0.4) is 0 Å². The Bertz CT molecular complexity index is 864. The van der Waals surface area contributed by atoms with Crippen LogP contribution in [0.1, 0.15) is 29.3 Å². The number of carbonyl (C=O) groups excluding carboxylic acids is 3. The van der Waals surface area contributed by atoms with Gasteiger partial charge < -0.3 is 10.6 Å². The predicted molar refractivity (Wildman–Crippen MR) is 99.8 cm³/mol. The molecule has 0 saturated heterocycles. The van der Waals surface area contributed by atoms with Crippen LogP contribution in [-0.2, 0) is 16.0 Å². The van der Waals surface area contributed by atoms with Crippen LogP contribution >= 0.6 is 0 Å². The van der Waals surface area contributed by atoms with Gasteiger partial charge in [-0.3, -0.25) is 14.4 Å². The molecule has 0 spiro atoms. The maximum Gasteiger partial charge on any atom is 0.228 e. The van der Waals surface area contributed by atoms with Crippen LogP contribution in [0.25, 0.3) is 0 Å². The number of hydrogen-bond donors (Lipinski definition) is 2. The first-order valence-electron chi connectivity index (χ1n) is 8.88. The van der Waals surface area contributed by atoms with E-state index in [0.29, 0.717) is 36.2 Å². The molecule has 0 aromatic heterocycles. The highest BCUT2D eigenvalue weighted by atomic mass is 19.1. The Hall–Kier alpha value is -3.02. The summed E-state index contributed by atoms with van der Waals surface area (Å²) in [6.07, 6.45) is 0.910. The average Bonchev–Trinajstić information content (AvgIpc) is 3.45. The van der Waals surface area contributed by atoms with Crippen LogP contribution in [-0.4, -0.2) is 24.1 Å². The molecule has 0 heterocycles. The molecule has 2 aromatic carbocycles. The molecule has 1 aliphatic carbocycles. The van der Waals surface area contributed by atoms with Crippen molar-refractivity contribution in [3.63, 3.8) is 0 Å². The van der Waals surface area contributed by atoms with Gasteiger partial charge in [0.25, 0.3) is 0 Å². The van der Waals surface area contributed by atoms with E-state index in [0.717, 1.165) is 0 Å². The molecule has 2 N–H and O–H groups in total. The quantitative estimate of drug-likeness (QED) is 0.738. The third-order valence-corrected chi connectivity index (χ3v) is 4.67. The fourth-order valence-electron chi connectivity index (χ4n) is 2.95. The lowest BCUT2D eigenvalue weighted by molar-refractivity contribution is -0.125. The highest BCUT2D eigenvalue weighted by Crippen LogP contribution is 2.39. The zero-order valence-electron chi connectivity index (χ0n) is 15.0.